The Hall–Kier alpha value is -4.19. The van der Waals surface area contributed by atoms with E-state index in [1.165, 1.54) is 0 Å². The number of amides is 1. The van der Waals surface area contributed by atoms with Crippen molar-refractivity contribution >= 4 is 29.8 Å². The van der Waals surface area contributed by atoms with Crippen LogP contribution in [0.3, 0.4) is 0 Å². The molecule has 0 saturated heterocycles. The van der Waals surface area contributed by atoms with Gasteiger partial charge in [-0.3, -0.25) is 19.9 Å². The van der Waals surface area contributed by atoms with Crippen LogP contribution in [0.5, 0.6) is 0 Å². The van der Waals surface area contributed by atoms with E-state index in [-0.39, 0.29) is 37.9 Å². The van der Waals surface area contributed by atoms with Gasteiger partial charge in [0, 0.05) is 30.8 Å². The summed E-state index contributed by atoms with van der Waals surface area (Å²) in [5.74, 6) is -2.12. The highest BCUT2D eigenvalue weighted by atomic mass is 16.5. The quantitative estimate of drug-likeness (QED) is 0.0331. The van der Waals surface area contributed by atoms with Gasteiger partial charge < -0.3 is 36.5 Å². The molecule has 1 atom stereocenters. The van der Waals surface area contributed by atoms with Crippen molar-refractivity contribution in [2.45, 2.75) is 84.7 Å². The van der Waals surface area contributed by atoms with Crippen LogP contribution in [-0.4, -0.2) is 72.8 Å². The number of aliphatic hydroxyl groups is 1. The van der Waals surface area contributed by atoms with Gasteiger partial charge in [-0.25, -0.2) is 0 Å². The molecule has 0 aromatic heterocycles. The number of aliphatic imine (C=N–C) groups is 1. The van der Waals surface area contributed by atoms with Crippen molar-refractivity contribution < 1.29 is 33.9 Å². The summed E-state index contributed by atoms with van der Waals surface area (Å²) >= 11 is 0. The standard InChI is InChI=1S/C29H45NO6.C4H11N5/c1-4-5-6-7-8-9-10-11-12-13-14-15-16-17-18-19-20-21-26(33)36-24-29(2,3)27(34)28(35)30-23-22-25(31)32;1-9(2)4(7)8-3(5)6/h5-6,8-9,11-12,14-15,17-18,27,34H,4,7,10,13,16,19-24H2,1-3H3,(H,30,35)(H,31,32);1-2H3,(H5,5,6,7,8)/b6-5-,9-8-,12-11-,15-14-,18-17-;/t27-;/m0./s1. The lowest BCUT2D eigenvalue weighted by Gasteiger charge is -2.29. The average Bonchev–Trinajstić information content (AvgIpc) is 2.97. The lowest BCUT2D eigenvalue weighted by Crippen LogP contribution is -2.47. The molecule has 0 saturated carbocycles. The number of aliphatic hydroxyl groups excluding tert-OH is 1. The number of carbonyl (C=O) groups is 3. The summed E-state index contributed by atoms with van der Waals surface area (Å²) in [6.45, 7) is 5.07. The third-order valence-electron chi connectivity index (χ3n) is 5.83. The van der Waals surface area contributed by atoms with Gasteiger partial charge in [0.25, 0.3) is 5.96 Å². The van der Waals surface area contributed by atoms with E-state index in [0.717, 1.165) is 38.5 Å². The molecule has 0 unspecified atom stereocenters. The summed E-state index contributed by atoms with van der Waals surface area (Å²) in [5, 5.41) is 22.9. The molecule has 0 radical (unpaired) electrons. The van der Waals surface area contributed by atoms with Gasteiger partial charge in [-0.05, 0) is 49.9 Å². The number of carbonyl (C=O) groups excluding carboxylic acids is 3. The van der Waals surface area contributed by atoms with E-state index in [1.54, 1.807) is 32.5 Å². The SMILES string of the molecule is CC/C=C\C/C=C\C/C=C\C/C=C\C/C=C\CCCC(=O)OCC(C)(C)[C@@H](O)C(=O)NCCC(=O)[O-].C[N+](C)=C(N)N=C(N)N. The Labute approximate surface area is 269 Å². The van der Waals surface area contributed by atoms with Gasteiger partial charge in [0.15, 0.2) is 0 Å². The van der Waals surface area contributed by atoms with Crippen LogP contribution in [0.15, 0.2) is 65.8 Å². The summed E-state index contributed by atoms with van der Waals surface area (Å²) in [4.78, 5) is 37.9. The smallest absolute Gasteiger partial charge is 0.387 e. The van der Waals surface area contributed by atoms with Crippen molar-refractivity contribution in [3.8, 4) is 0 Å². The van der Waals surface area contributed by atoms with Crippen LogP contribution in [0.4, 0.5) is 0 Å². The molecule has 254 valence electrons. The molecular weight excluding hydrogens is 576 g/mol. The molecule has 0 aromatic rings. The Bertz CT molecular complexity index is 1070. The molecule has 0 heterocycles. The summed E-state index contributed by atoms with van der Waals surface area (Å²) in [5.41, 5.74) is 14.4. The van der Waals surface area contributed by atoms with E-state index in [9.17, 15) is 24.6 Å². The van der Waals surface area contributed by atoms with Crippen LogP contribution in [0, 0.1) is 5.41 Å². The van der Waals surface area contributed by atoms with E-state index in [0.29, 0.717) is 12.4 Å². The number of nitrogens with zero attached hydrogens (tertiary/aromatic N) is 2. The van der Waals surface area contributed by atoms with Crippen LogP contribution in [0.2, 0.25) is 0 Å². The lowest BCUT2D eigenvalue weighted by atomic mass is 9.87. The molecule has 0 bridgehead atoms. The number of carboxylic acid groups (broad SMARTS) is 1. The molecule has 0 rings (SSSR count). The number of ether oxygens (including phenoxy) is 1. The zero-order chi connectivity index (χ0) is 34.5. The Balaban J connectivity index is 0. The Kier molecular flexibility index (Phi) is 26.1. The van der Waals surface area contributed by atoms with Crippen LogP contribution >= 0.6 is 0 Å². The van der Waals surface area contributed by atoms with Crippen LogP contribution in [0.1, 0.15) is 78.6 Å². The predicted molar refractivity (Wildman–Crippen MR) is 179 cm³/mol. The maximum atomic E-state index is 12.0. The minimum Gasteiger partial charge on any atom is -0.550 e. The number of esters is 1. The van der Waals surface area contributed by atoms with Gasteiger partial charge >= 0.3 is 11.9 Å². The molecule has 0 fully saturated rings. The summed E-state index contributed by atoms with van der Waals surface area (Å²) in [7, 11) is 3.50. The van der Waals surface area contributed by atoms with Crippen molar-refractivity contribution in [2.75, 3.05) is 27.2 Å². The van der Waals surface area contributed by atoms with Gasteiger partial charge in [0.05, 0.1) is 20.7 Å². The second kappa shape index (κ2) is 27.4. The average molecular weight is 633 g/mol. The summed E-state index contributed by atoms with van der Waals surface area (Å²) in [6.07, 6.45) is 26.0. The molecule has 0 aliphatic rings. The normalized spacial score (nSPS) is 12.4. The highest BCUT2D eigenvalue weighted by Crippen LogP contribution is 2.22. The lowest BCUT2D eigenvalue weighted by molar-refractivity contribution is -0.466. The Morgan fingerprint density at radius 1 is 0.889 bits per heavy atom. The van der Waals surface area contributed by atoms with Gasteiger partial charge in [0.2, 0.25) is 5.91 Å². The van der Waals surface area contributed by atoms with Crippen molar-refractivity contribution in [3.63, 3.8) is 0 Å². The molecule has 0 spiro atoms. The minimum absolute atomic E-state index is 0.0267. The molecule has 1 amide bonds. The Morgan fingerprint density at radius 3 is 1.80 bits per heavy atom. The van der Waals surface area contributed by atoms with E-state index in [1.807, 2.05) is 6.08 Å². The number of unbranched alkanes of at least 4 members (excludes halogenated alkanes) is 1. The fraction of sp³-hybridized carbons (Fsp3) is 0.545. The van der Waals surface area contributed by atoms with Crippen molar-refractivity contribution in [1.82, 2.24) is 5.32 Å². The van der Waals surface area contributed by atoms with E-state index >= 15 is 0 Å². The van der Waals surface area contributed by atoms with Crippen LogP contribution < -0.4 is 27.6 Å². The molecule has 8 N–H and O–H groups in total. The maximum absolute atomic E-state index is 12.0. The third-order valence-corrected chi connectivity index (χ3v) is 5.83. The Morgan fingerprint density at radius 2 is 1.38 bits per heavy atom. The fourth-order valence-electron chi connectivity index (χ4n) is 3.12. The second-order valence-electron chi connectivity index (χ2n) is 10.9. The number of nitrogens with two attached hydrogens (primary N) is 3. The highest BCUT2D eigenvalue weighted by Gasteiger charge is 2.34. The number of aliphatic carboxylic acids is 1. The first-order valence-electron chi connectivity index (χ1n) is 15.2. The van der Waals surface area contributed by atoms with Crippen molar-refractivity contribution in [2.24, 2.45) is 27.6 Å². The summed E-state index contributed by atoms with van der Waals surface area (Å²) < 4.78 is 6.83. The maximum Gasteiger partial charge on any atom is 0.387 e. The number of nitrogens with one attached hydrogen (secondary N) is 1. The van der Waals surface area contributed by atoms with Gasteiger partial charge in [-0.1, -0.05) is 81.5 Å². The van der Waals surface area contributed by atoms with E-state index in [4.69, 9.17) is 21.9 Å². The number of allylic oxidation sites excluding steroid dienone is 10. The number of guanidine groups is 2. The van der Waals surface area contributed by atoms with E-state index in [2.05, 4.69) is 71.9 Å². The number of rotatable bonds is 20. The van der Waals surface area contributed by atoms with Gasteiger partial charge in [0.1, 0.15) is 6.10 Å². The van der Waals surface area contributed by atoms with Gasteiger partial charge in [-0.2, -0.15) is 0 Å². The largest absolute Gasteiger partial charge is 0.550 e. The minimum atomic E-state index is -1.44. The van der Waals surface area contributed by atoms with Crippen LogP contribution in [0.25, 0.3) is 0 Å². The molecule has 12 nitrogen and oxygen atoms in total. The highest BCUT2D eigenvalue weighted by molar-refractivity contribution is 5.89. The zero-order valence-electron chi connectivity index (χ0n) is 27.7. The predicted octanol–water partition coefficient (Wildman–Crippen LogP) is 1.94. The van der Waals surface area contributed by atoms with Gasteiger partial charge in [-0.15, -0.1) is 0 Å². The van der Waals surface area contributed by atoms with E-state index < -0.39 is 23.4 Å². The monoisotopic (exact) mass is 632 g/mol. The first-order chi connectivity index (χ1) is 21.2. The van der Waals surface area contributed by atoms with Crippen molar-refractivity contribution in [3.05, 3.63) is 60.8 Å². The summed E-state index contributed by atoms with van der Waals surface area (Å²) in [6, 6.07) is 0. The zero-order valence-corrected chi connectivity index (χ0v) is 27.7. The first kappa shape index (κ1) is 42.9. The first-order valence-corrected chi connectivity index (χ1v) is 15.2. The fourth-order valence-corrected chi connectivity index (χ4v) is 3.12. The molecule has 0 aromatic carbocycles. The van der Waals surface area contributed by atoms with Crippen molar-refractivity contribution in [1.29, 1.82) is 0 Å². The molecule has 12 heteroatoms. The molecule has 0 aliphatic carbocycles. The molecular formula is C33H56N6O6. The number of hydrogen-bond donors (Lipinski definition) is 5. The molecule has 0 aliphatic heterocycles. The second-order valence-corrected chi connectivity index (χ2v) is 10.9. The van der Waals surface area contributed by atoms with Crippen LogP contribution in [-0.2, 0) is 19.1 Å². The number of carboxylic acids is 1. The topological polar surface area (TPSA) is 209 Å². The number of hydrogen-bond acceptors (Lipinski definition) is 6. The molecule has 45 heavy (non-hydrogen) atoms. The third kappa shape index (κ3) is 28.3.